The summed E-state index contributed by atoms with van der Waals surface area (Å²) in [5, 5.41) is 3.39. The number of H-pyrrole nitrogens is 1. The Balaban J connectivity index is 2.70. The van der Waals surface area contributed by atoms with Crippen molar-refractivity contribution >= 4 is 34.4 Å². The number of azide groups is 1. The third kappa shape index (κ3) is 4.31. The van der Waals surface area contributed by atoms with E-state index in [9.17, 15) is 9.59 Å². The van der Waals surface area contributed by atoms with Crippen molar-refractivity contribution in [2.24, 2.45) is 5.11 Å². The minimum absolute atomic E-state index is 0.00444. The predicted octanol–water partition coefficient (Wildman–Crippen LogP) is 4.51. The van der Waals surface area contributed by atoms with Crippen LogP contribution in [0.5, 0.6) is 11.5 Å². The molecule has 0 fully saturated rings. The van der Waals surface area contributed by atoms with E-state index in [-0.39, 0.29) is 27.3 Å². The summed E-state index contributed by atoms with van der Waals surface area (Å²) in [7, 11) is 0. The van der Waals surface area contributed by atoms with E-state index in [2.05, 4.69) is 15.0 Å². The molecule has 2 aromatic rings. The van der Waals surface area contributed by atoms with Crippen LogP contribution in [0.15, 0.2) is 28.1 Å². The summed E-state index contributed by atoms with van der Waals surface area (Å²) in [4.78, 5) is 29.5. The Morgan fingerprint density at radius 3 is 2.52 bits per heavy atom. The third-order valence-electron chi connectivity index (χ3n) is 3.13. The molecule has 0 saturated carbocycles. The molecule has 8 nitrogen and oxygen atoms in total. The van der Waals surface area contributed by atoms with Gasteiger partial charge in [-0.05, 0) is 77.3 Å². The van der Waals surface area contributed by atoms with Crippen LogP contribution >= 0.6 is 22.6 Å². The molecular weight excluding hydrogens is 439 g/mol. The minimum Gasteiger partial charge on any atom is -0.462 e. The van der Waals surface area contributed by atoms with E-state index in [4.69, 9.17) is 15.0 Å². The second-order valence-corrected chi connectivity index (χ2v) is 6.23. The van der Waals surface area contributed by atoms with Crippen LogP contribution in [0.2, 0.25) is 0 Å². The number of ether oxygens (including phenoxy) is 2. The maximum atomic E-state index is 12.3. The van der Waals surface area contributed by atoms with Gasteiger partial charge in [0, 0.05) is 4.91 Å². The lowest BCUT2D eigenvalue weighted by Crippen LogP contribution is -2.17. The highest BCUT2D eigenvalue weighted by molar-refractivity contribution is 14.1. The quantitative estimate of drug-likeness (QED) is 0.235. The van der Waals surface area contributed by atoms with Gasteiger partial charge in [-0.2, -0.15) is 0 Å². The topological polar surface area (TPSA) is 117 Å². The van der Waals surface area contributed by atoms with Crippen molar-refractivity contribution < 1.29 is 14.3 Å². The predicted molar refractivity (Wildman–Crippen MR) is 101 cm³/mol. The lowest BCUT2D eigenvalue weighted by Gasteiger charge is -2.14. The Labute approximate surface area is 156 Å². The smallest absolute Gasteiger partial charge is 0.343 e. The highest BCUT2D eigenvalue weighted by Gasteiger charge is 2.24. The molecule has 1 aromatic carbocycles. The van der Waals surface area contributed by atoms with Crippen molar-refractivity contribution in [2.45, 2.75) is 20.8 Å². The van der Waals surface area contributed by atoms with Gasteiger partial charge in [-0.25, -0.2) is 4.79 Å². The van der Waals surface area contributed by atoms with Gasteiger partial charge in [0.05, 0.1) is 6.61 Å². The summed E-state index contributed by atoms with van der Waals surface area (Å²) >= 11 is 1.77. The van der Waals surface area contributed by atoms with Gasteiger partial charge in [0.25, 0.3) is 5.56 Å². The normalized spacial score (nSPS) is 10.1. The van der Waals surface area contributed by atoms with E-state index in [1.54, 1.807) is 41.6 Å². The van der Waals surface area contributed by atoms with Crippen LogP contribution in [0, 0.1) is 17.4 Å². The average molecular weight is 454 g/mol. The fraction of sp³-hybridized carbons (Fsp3) is 0.250. The number of pyridine rings is 1. The van der Waals surface area contributed by atoms with Gasteiger partial charge in [-0.15, -0.1) is 0 Å². The van der Waals surface area contributed by atoms with E-state index in [1.165, 1.54) is 0 Å². The van der Waals surface area contributed by atoms with Gasteiger partial charge in [0.15, 0.2) is 5.75 Å². The number of aromatic nitrogens is 1. The third-order valence-corrected chi connectivity index (χ3v) is 4.11. The van der Waals surface area contributed by atoms with Crippen LogP contribution in [0.25, 0.3) is 10.4 Å². The highest BCUT2D eigenvalue weighted by atomic mass is 127. The van der Waals surface area contributed by atoms with Crippen molar-refractivity contribution in [1.82, 2.24) is 4.98 Å². The molecule has 1 heterocycles. The van der Waals surface area contributed by atoms with E-state index in [1.807, 2.05) is 19.9 Å². The zero-order valence-electron chi connectivity index (χ0n) is 13.8. The Morgan fingerprint density at radius 2 is 1.96 bits per heavy atom. The summed E-state index contributed by atoms with van der Waals surface area (Å²) in [6.45, 7) is 5.57. The standard InChI is InChI=1S/C16H15IN4O4/c1-4-24-16(23)11-13(12(17)15(22)19-14(11)20-21-18)25-10-6-8(2)5-9(3)7-10/h5-7H,4H2,1-3H3,(H,19,22). The Hall–Kier alpha value is -2.52. The zero-order valence-corrected chi connectivity index (χ0v) is 15.9. The fourth-order valence-corrected chi connectivity index (χ4v) is 2.78. The molecule has 1 aromatic heterocycles. The van der Waals surface area contributed by atoms with E-state index < -0.39 is 11.5 Å². The molecule has 130 valence electrons. The number of halogens is 1. The lowest BCUT2D eigenvalue weighted by atomic mass is 10.1. The SMILES string of the molecule is CCOC(=O)c1c(N=[N+]=[N-])[nH]c(=O)c(I)c1Oc1cc(C)cc(C)c1. The van der Waals surface area contributed by atoms with Crippen molar-refractivity contribution in [3.05, 3.63) is 59.3 Å². The molecule has 0 radical (unpaired) electrons. The molecule has 2 rings (SSSR count). The molecule has 0 atom stereocenters. The number of nitrogens with one attached hydrogen (secondary N) is 1. The number of aryl methyl sites for hydroxylation is 2. The number of hydrogen-bond donors (Lipinski definition) is 1. The van der Waals surface area contributed by atoms with Crippen molar-refractivity contribution in [3.8, 4) is 11.5 Å². The van der Waals surface area contributed by atoms with Gasteiger partial charge in [0.2, 0.25) is 0 Å². The molecule has 0 aliphatic rings. The molecule has 0 amide bonds. The van der Waals surface area contributed by atoms with Gasteiger partial charge in [-0.3, -0.25) is 4.79 Å². The van der Waals surface area contributed by atoms with Gasteiger partial charge in [0.1, 0.15) is 20.7 Å². The minimum atomic E-state index is -0.751. The summed E-state index contributed by atoms with van der Waals surface area (Å²) in [6.07, 6.45) is 0. The summed E-state index contributed by atoms with van der Waals surface area (Å²) in [5.74, 6) is -0.544. The van der Waals surface area contributed by atoms with Crippen LogP contribution in [-0.4, -0.2) is 17.6 Å². The van der Waals surface area contributed by atoms with Gasteiger partial charge < -0.3 is 14.5 Å². The van der Waals surface area contributed by atoms with Crippen LogP contribution in [0.4, 0.5) is 5.82 Å². The first kappa shape index (κ1) is 18.8. The molecule has 0 saturated heterocycles. The summed E-state index contributed by atoms with van der Waals surface area (Å²) < 4.78 is 11.0. The molecule has 9 heteroatoms. The first-order valence-electron chi connectivity index (χ1n) is 7.31. The molecule has 0 spiro atoms. The number of hydrogen-bond acceptors (Lipinski definition) is 5. The number of benzene rings is 1. The van der Waals surface area contributed by atoms with Crippen molar-refractivity contribution in [2.75, 3.05) is 6.61 Å². The van der Waals surface area contributed by atoms with E-state index in [0.717, 1.165) is 11.1 Å². The Kier molecular flexibility index (Phi) is 6.05. The van der Waals surface area contributed by atoms with E-state index in [0.29, 0.717) is 5.75 Å². The van der Waals surface area contributed by atoms with Crippen LogP contribution in [0.1, 0.15) is 28.4 Å². The van der Waals surface area contributed by atoms with Crippen LogP contribution in [-0.2, 0) is 4.74 Å². The number of esters is 1. The molecule has 1 N–H and O–H groups in total. The molecule has 0 bridgehead atoms. The second kappa shape index (κ2) is 8.04. The monoisotopic (exact) mass is 454 g/mol. The molecule has 25 heavy (non-hydrogen) atoms. The van der Waals surface area contributed by atoms with Gasteiger partial charge in [-0.1, -0.05) is 6.07 Å². The summed E-state index contributed by atoms with van der Waals surface area (Å²) in [5.41, 5.74) is 9.98. The van der Waals surface area contributed by atoms with Crippen LogP contribution in [0.3, 0.4) is 0 Å². The van der Waals surface area contributed by atoms with Crippen molar-refractivity contribution in [3.63, 3.8) is 0 Å². The maximum Gasteiger partial charge on any atom is 0.343 e. The van der Waals surface area contributed by atoms with Crippen LogP contribution < -0.4 is 10.3 Å². The Bertz CT molecular complexity index is 912. The number of carbonyl (C=O) groups is 1. The zero-order chi connectivity index (χ0) is 18.6. The lowest BCUT2D eigenvalue weighted by molar-refractivity contribution is 0.0524. The number of rotatable bonds is 5. The average Bonchev–Trinajstić information content (AvgIpc) is 2.51. The Morgan fingerprint density at radius 1 is 1.32 bits per heavy atom. The molecule has 0 aliphatic carbocycles. The fourth-order valence-electron chi connectivity index (χ4n) is 2.26. The van der Waals surface area contributed by atoms with E-state index >= 15 is 0 Å². The summed E-state index contributed by atoms with van der Waals surface area (Å²) in [6, 6.07) is 5.51. The number of aromatic amines is 1. The largest absolute Gasteiger partial charge is 0.462 e. The first-order valence-corrected chi connectivity index (χ1v) is 8.39. The molecule has 0 unspecified atom stereocenters. The van der Waals surface area contributed by atoms with Gasteiger partial charge >= 0.3 is 5.97 Å². The number of carbonyl (C=O) groups excluding carboxylic acids is 1. The van der Waals surface area contributed by atoms with Crippen molar-refractivity contribution in [1.29, 1.82) is 0 Å². The first-order chi connectivity index (χ1) is 11.9. The maximum absolute atomic E-state index is 12.3. The second-order valence-electron chi connectivity index (χ2n) is 5.16. The molecule has 0 aliphatic heterocycles. The highest BCUT2D eigenvalue weighted by Crippen LogP contribution is 2.34. The number of nitrogens with zero attached hydrogens (tertiary/aromatic N) is 3. The molecular formula is C16H15IN4O4.